The third kappa shape index (κ3) is 7.59. The van der Waals surface area contributed by atoms with Crippen molar-refractivity contribution in [1.82, 2.24) is 10.2 Å². The van der Waals surface area contributed by atoms with Crippen LogP contribution >= 0.6 is 0 Å². The van der Waals surface area contributed by atoms with Crippen molar-refractivity contribution in [3.05, 3.63) is 65.2 Å². The third-order valence-corrected chi connectivity index (χ3v) is 8.84. The number of carbonyl (C=O) groups is 2. The molecule has 6 atom stereocenters. The Hall–Kier alpha value is -2.78. The molecule has 0 aromatic heterocycles. The Morgan fingerprint density at radius 3 is 2.29 bits per heavy atom. The lowest BCUT2D eigenvalue weighted by molar-refractivity contribution is -0.255. The quantitative estimate of drug-likeness (QED) is 0.395. The van der Waals surface area contributed by atoms with Crippen molar-refractivity contribution in [2.45, 2.75) is 115 Å². The Labute approximate surface area is 250 Å². The molecular formula is C34H47N3O5. The maximum Gasteiger partial charge on any atom is 0.237 e. The lowest BCUT2D eigenvalue weighted by Crippen LogP contribution is -2.61. The summed E-state index contributed by atoms with van der Waals surface area (Å²) in [6.07, 6.45) is 6.50. The van der Waals surface area contributed by atoms with Crippen LogP contribution in [0.1, 0.15) is 102 Å². The molecule has 1 aliphatic carbocycles. The first kappa shape index (κ1) is 30.7. The van der Waals surface area contributed by atoms with Gasteiger partial charge in [0, 0.05) is 42.7 Å². The van der Waals surface area contributed by atoms with Crippen LogP contribution in [0.25, 0.3) is 0 Å². The van der Waals surface area contributed by atoms with Gasteiger partial charge < -0.3 is 25.2 Å². The number of nitrogens with zero attached hydrogens (tertiary/aromatic N) is 1. The number of rotatable bonds is 7. The van der Waals surface area contributed by atoms with E-state index in [2.05, 4.69) is 15.5 Å². The maximum absolute atomic E-state index is 13.6. The number of likely N-dealkylation sites (tertiary alicyclic amines) is 1. The summed E-state index contributed by atoms with van der Waals surface area (Å²) in [5.41, 5.74) is 3.20. The molecule has 2 amide bonds. The van der Waals surface area contributed by atoms with E-state index >= 15 is 0 Å². The molecule has 8 nitrogen and oxygen atoms in total. The van der Waals surface area contributed by atoms with Gasteiger partial charge in [-0.05, 0) is 75.6 Å². The Balaban J connectivity index is 1.41. The fourth-order valence-electron chi connectivity index (χ4n) is 6.92. The van der Waals surface area contributed by atoms with Gasteiger partial charge in [0.1, 0.15) is 0 Å². The number of aliphatic hydroxyl groups is 1. The minimum atomic E-state index is -0.591. The molecule has 8 heteroatoms. The Morgan fingerprint density at radius 1 is 0.929 bits per heavy atom. The Bertz CT molecular complexity index is 1210. The highest BCUT2D eigenvalue weighted by Gasteiger charge is 2.44. The molecule has 42 heavy (non-hydrogen) atoms. The molecule has 2 aliphatic heterocycles. The first-order chi connectivity index (χ1) is 20.1. The smallest absolute Gasteiger partial charge is 0.237 e. The van der Waals surface area contributed by atoms with Gasteiger partial charge in [0.2, 0.25) is 11.8 Å². The van der Waals surface area contributed by atoms with Gasteiger partial charge in [0.25, 0.3) is 0 Å². The second-order valence-electron chi connectivity index (χ2n) is 13.3. The normalized spacial score (nSPS) is 28.5. The number of nitrogens with one attached hydrogen (secondary N) is 2. The summed E-state index contributed by atoms with van der Waals surface area (Å²) in [4.78, 5) is 27.6. The average Bonchev–Trinajstić information content (AvgIpc) is 2.96. The van der Waals surface area contributed by atoms with Gasteiger partial charge in [-0.15, -0.1) is 0 Å². The highest BCUT2D eigenvalue weighted by atomic mass is 16.7. The molecule has 2 heterocycles. The minimum absolute atomic E-state index is 0.00363. The summed E-state index contributed by atoms with van der Waals surface area (Å²) < 4.78 is 13.2. The molecule has 5 rings (SSSR count). The van der Waals surface area contributed by atoms with Crippen LogP contribution in [0.2, 0.25) is 0 Å². The van der Waals surface area contributed by atoms with Gasteiger partial charge in [0.15, 0.2) is 6.29 Å². The fourth-order valence-corrected chi connectivity index (χ4v) is 6.92. The average molecular weight is 578 g/mol. The van der Waals surface area contributed by atoms with Crippen LogP contribution < -0.4 is 10.6 Å². The molecule has 0 spiro atoms. The van der Waals surface area contributed by atoms with Crippen LogP contribution in [-0.2, 0) is 25.7 Å². The number of fused-ring (bicyclic) bond motifs is 1. The van der Waals surface area contributed by atoms with Gasteiger partial charge in [0.05, 0.1) is 24.9 Å². The largest absolute Gasteiger partial charge is 0.392 e. The Kier molecular flexibility index (Phi) is 9.67. The van der Waals surface area contributed by atoms with E-state index in [1.165, 1.54) is 26.2 Å². The van der Waals surface area contributed by atoms with Crippen LogP contribution in [0.5, 0.6) is 0 Å². The monoisotopic (exact) mass is 577 g/mol. The summed E-state index contributed by atoms with van der Waals surface area (Å²) in [5, 5.41) is 15.6. The topological polar surface area (TPSA) is 100 Å². The standard InChI is InChI=1S/C34H47N3O5/c1-22(39)35-27-16-13-26(14-17-27)33-41-28(19-31(42-33)25-11-9-23(21-38)10-12-25)20-37-29-8-6-5-7-24(29)15-18-30(37)32(40)36-34(2,3)4/h9-14,16-17,24,28-31,33,38H,5-8,15,18-21H2,1-4H3,(H,35,39)(H,36,40)/t24-,28-,29-,30-,31+,33+/m1/s1. The first-order valence-electron chi connectivity index (χ1n) is 15.6. The van der Waals surface area contributed by atoms with Crippen molar-refractivity contribution in [1.29, 1.82) is 0 Å². The van der Waals surface area contributed by atoms with Gasteiger partial charge in [-0.3, -0.25) is 14.5 Å². The molecule has 0 bridgehead atoms. The minimum Gasteiger partial charge on any atom is -0.392 e. The zero-order chi connectivity index (χ0) is 29.9. The van der Waals surface area contributed by atoms with Gasteiger partial charge in [-0.2, -0.15) is 0 Å². The van der Waals surface area contributed by atoms with Crippen molar-refractivity contribution in [2.24, 2.45) is 5.92 Å². The predicted molar refractivity (Wildman–Crippen MR) is 163 cm³/mol. The summed E-state index contributed by atoms with van der Waals surface area (Å²) in [6.45, 7) is 8.27. The zero-order valence-corrected chi connectivity index (χ0v) is 25.5. The van der Waals surface area contributed by atoms with E-state index in [1.54, 1.807) is 0 Å². The number of carbonyl (C=O) groups excluding carboxylic acids is 2. The van der Waals surface area contributed by atoms with E-state index in [-0.39, 0.29) is 42.2 Å². The second kappa shape index (κ2) is 13.2. The summed E-state index contributed by atoms with van der Waals surface area (Å²) >= 11 is 0. The number of anilines is 1. The highest BCUT2D eigenvalue weighted by Crippen LogP contribution is 2.42. The molecule has 2 saturated heterocycles. The van der Waals surface area contributed by atoms with E-state index in [0.29, 0.717) is 24.9 Å². The van der Waals surface area contributed by atoms with Crippen LogP contribution in [0.3, 0.4) is 0 Å². The van der Waals surface area contributed by atoms with Gasteiger partial charge in [-0.1, -0.05) is 49.2 Å². The molecule has 1 saturated carbocycles. The van der Waals surface area contributed by atoms with Gasteiger partial charge >= 0.3 is 0 Å². The Morgan fingerprint density at radius 2 is 1.62 bits per heavy atom. The van der Waals surface area contributed by atoms with Crippen molar-refractivity contribution in [3.8, 4) is 0 Å². The molecule has 2 aromatic carbocycles. The fraction of sp³-hybridized carbons (Fsp3) is 0.588. The number of amides is 2. The summed E-state index contributed by atoms with van der Waals surface area (Å²) in [6, 6.07) is 15.7. The summed E-state index contributed by atoms with van der Waals surface area (Å²) in [7, 11) is 0. The van der Waals surface area contributed by atoms with Crippen LogP contribution in [0.15, 0.2) is 48.5 Å². The molecular weight excluding hydrogens is 530 g/mol. The number of piperidine rings is 1. The van der Waals surface area contributed by atoms with Crippen molar-refractivity contribution in [2.75, 3.05) is 11.9 Å². The van der Waals surface area contributed by atoms with Crippen LogP contribution in [0, 0.1) is 5.92 Å². The van der Waals surface area contributed by atoms with Gasteiger partial charge in [-0.25, -0.2) is 0 Å². The molecule has 0 radical (unpaired) electrons. The number of ether oxygens (including phenoxy) is 2. The van der Waals surface area contributed by atoms with Crippen LogP contribution in [0.4, 0.5) is 5.69 Å². The predicted octanol–water partition coefficient (Wildman–Crippen LogP) is 5.62. The lowest BCUT2D eigenvalue weighted by atomic mass is 9.75. The lowest BCUT2D eigenvalue weighted by Gasteiger charge is -2.50. The van der Waals surface area contributed by atoms with Crippen molar-refractivity contribution < 1.29 is 24.2 Å². The van der Waals surface area contributed by atoms with E-state index < -0.39 is 6.29 Å². The highest BCUT2D eigenvalue weighted by molar-refractivity contribution is 5.88. The number of hydrogen-bond acceptors (Lipinski definition) is 6. The maximum atomic E-state index is 13.6. The zero-order valence-electron chi connectivity index (χ0n) is 25.5. The van der Waals surface area contributed by atoms with Crippen molar-refractivity contribution in [3.63, 3.8) is 0 Å². The van der Waals surface area contributed by atoms with E-state index in [0.717, 1.165) is 41.6 Å². The van der Waals surface area contributed by atoms with E-state index in [4.69, 9.17) is 9.47 Å². The third-order valence-electron chi connectivity index (χ3n) is 8.84. The number of benzene rings is 2. The molecule has 2 aromatic rings. The molecule has 0 unspecified atom stereocenters. The van der Waals surface area contributed by atoms with E-state index in [9.17, 15) is 14.7 Å². The molecule has 3 fully saturated rings. The summed E-state index contributed by atoms with van der Waals surface area (Å²) in [5.74, 6) is 0.614. The second-order valence-corrected chi connectivity index (χ2v) is 13.3. The van der Waals surface area contributed by atoms with E-state index in [1.807, 2.05) is 69.3 Å². The van der Waals surface area contributed by atoms with Crippen molar-refractivity contribution >= 4 is 17.5 Å². The number of aliphatic hydroxyl groups excluding tert-OH is 1. The first-order valence-corrected chi connectivity index (χ1v) is 15.6. The number of hydrogen-bond donors (Lipinski definition) is 3. The van der Waals surface area contributed by atoms with Crippen LogP contribution in [-0.4, -0.2) is 52.1 Å². The molecule has 3 aliphatic rings. The molecule has 3 N–H and O–H groups in total. The SMILES string of the molecule is CC(=O)Nc1ccc([C@H]2O[C@@H](CN3[C@@H](C(=O)NC(C)(C)C)CC[C@H]4CCCC[C@H]43)C[C@@H](c3ccc(CO)cc3)O2)cc1. The molecule has 228 valence electrons.